The quantitative estimate of drug-likeness (QED) is 0.649. The number of hydrogen-bond donors (Lipinski definition) is 1. The Morgan fingerprint density at radius 2 is 2.08 bits per heavy atom. The van der Waals surface area contributed by atoms with Gasteiger partial charge < -0.3 is 0 Å². The van der Waals surface area contributed by atoms with Crippen molar-refractivity contribution in [2.75, 3.05) is 0 Å². The lowest BCUT2D eigenvalue weighted by atomic mass is 10.4. The maximum Gasteiger partial charge on any atom is 0.370 e. The van der Waals surface area contributed by atoms with Crippen LogP contribution in [-0.2, 0) is 10.1 Å². The Hall–Kier alpha value is -1.01. The summed E-state index contributed by atoms with van der Waals surface area (Å²) in [6, 6.07) is 3.70. The minimum absolute atomic E-state index is 0.0880. The summed E-state index contributed by atoms with van der Waals surface area (Å²) in [6.45, 7) is 1.38. The minimum Gasteiger partial charge on any atom is -0.277 e. The van der Waals surface area contributed by atoms with Crippen LogP contribution in [0.15, 0.2) is 23.2 Å². The highest BCUT2D eigenvalue weighted by molar-refractivity contribution is 7.85. The van der Waals surface area contributed by atoms with E-state index in [4.69, 9.17) is 4.55 Å². The molecule has 0 fully saturated rings. The van der Waals surface area contributed by atoms with Crippen molar-refractivity contribution >= 4 is 10.1 Å². The van der Waals surface area contributed by atoms with Crippen LogP contribution in [0.3, 0.4) is 0 Å². The van der Waals surface area contributed by atoms with Crippen molar-refractivity contribution < 1.29 is 22.2 Å². The molecule has 4 nitrogen and oxygen atoms in total. The van der Waals surface area contributed by atoms with Gasteiger partial charge in [-0.1, -0.05) is 0 Å². The van der Waals surface area contributed by atoms with Gasteiger partial charge in [0.1, 0.15) is 0 Å². The van der Waals surface area contributed by atoms with Crippen LogP contribution < -0.4 is 4.79 Å². The topological polar surface area (TPSA) is 58.3 Å². The summed E-state index contributed by atoms with van der Waals surface area (Å²) in [5.74, 6) is 0. The zero-order valence-corrected chi connectivity index (χ0v) is 7.05. The van der Waals surface area contributed by atoms with Gasteiger partial charge in [-0.2, -0.15) is 8.42 Å². The number of aryl methyl sites for hydroxylation is 1. The number of aromatic nitrogens is 1. The second kappa shape index (κ2) is 2.80. The molecule has 1 rings (SSSR count). The molecule has 0 aromatic carbocycles. The van der Waals surface area contributed by atoms with Gasteiger partial charge in [-0.3, -0.25) is 4.55 Å². The third-order valence-corrected chi connectivity index (χ3v) is 2.17. The van der Waals surface area contributed by atoms with Gasteiger partial charge in [-0.25, -0.2) is 0 Å². The molecule has 0 aliphatic rings. The standard InChI is InChI=1S/C6H6FNO3S/c1-5-3-2-4-6(8(5)7)12(9,10)11/h2-4H,1H3/p+1. The molecule has 1 aromatic rings. The van der Waals surface area contributed by atoms with Crippen LogP contribution in [-0.4, -0.2) is 13.0 Å². The lowest BCUT2D eigenvalue weighted by molar-refractivity contribution is -0.879. The van der Waals surface area contributed by atoms with E-state index in [0.717, 1.165) is 6.07 Å². The minimum atomic E-state index is -4.47. The van der Waals surface area contributed by atoms with Crippen LogP contribution in [0.2, 0.25) is 0 Å². The highest BCUT2D eigenvalue weighted by atomic mass is 32.2. The van der Waals surface area contributed by atoms with Crippen LogP contribution in [0.5, 0.6) is 0 Å². The van der Waals surface area contributed by atoms with Gasteiger partial charge in [0.25, 0.3) is 0 Å². The van der Waals surface area contributed by atoms with Crippen LogP contribution in [0, 0.1) is 6.92 Å². The summed E-state index contributed by atoms with van der Waals surface area (Å²) in [5.41, 5.74) is 0.102. The first-order valence-corrected chi connectivity index (χ1v) is 4.52. The first-order chi connectivity index (χ1) is 5.43. The van der Waals surface area contributed by atoms with E-state index in [9.17, 15) is 12.9 Å². The van der Waals surface area contributed by atoms with Crippen molar-refractivity contribution in [2.24, 2.45) is 0 Å². The Balaban J connectivity index is 3.47. The molecule has 0 saturated carbocycles. The molecule has 6 heteroatoms. The molecule has 0 atom stereocenters. The summed E-state index contributed by atoms with van der Waals surface area (Å²) in [7, 11) is -4.47. The van der Waals surface area contributed by atoms with Gasteiger partial charge in [-0.15, -0.1) is 0 Å². The van der Waals surface area contributed by atoms with Gasteiger partial charge >= 0.3 is 15.1 Å². The Labute approximate surface area is 69.0 Å². The van der Waals surface area contributed by atoms with E-state index in [0.29, 0.717) is 0 Å². The highest BCUT2D eigenvalue weighted by Crippen LogP contribution is 2.02. The molecule has 0 aliphatic carbocycles. The third kappa shape index (κ3) is 1.59. The molecule has 0 amide bonds. The summed E-state index contributed by atoms with van der Waals surface area (Å²) in [4.78, 5) is -0.0880. The van der Waals surface area contributed by atoms with E-state index in [1.54, 1.807) is 0 Å². The molecule has 1 aromatic heterocycles. The van der Waals surface area contributed by atoms with Gasteiger partial charge in [-0.05, 0) is 6.07 Å². The van der Waals surface area contributed by atoms with Crippen LogP contribution in [0.25, 0.3) is 0 Å². The van der Waals surface area contributed by atoms with Crippen molar-refractivity contribution in [1.29, 1.82) is 0 Å². The summed E-state index contributed by atoms with van der Waals surface area (Å²) < 4.78 is 42.4. The molecular weight excluding hydrogens is 185 g/mol. The summed E-state index contributed by atoms with van der Waals surface area (Å²) >= 11 is 0. The number of halogens is 1. The first-order valence-electron chi connectivity index (χ1n) is 3.08. The lowest BCUT2D eigenvalue weighted by Gasteiger charge is -1.91. The molecule has 12 heavy (non-hydrogen) atoms. The fourth-order valence-corrected chi connectivity index (χ4v) is 1.36. The average molecular weight is 192 g/mol. The van der Waals surface area contributed by atoms with Gasteiger partial charge in [0.2, 0.25) is 5.69 Å². The molecule has 0 saturated heterocycles. The van der Waals surface area contributed by atoms with E-state index < -0.39 is 15.1 Å². The molecular formula is C6H7FNO3S+. The number of pyridine rings is 1. The zero-order chi connectivity index (χ0) is 9.35. The largest absolute Gasteiger partial charge is 0.370 e. The molecule has 0 spiro atoms. The predicted molar refractivity (Wildman–Crippen MR) is 37.7 cm³/mol. The number of rotatable bonds is 1. The van der Waals surface area contributed by atoms with Gasteiger partial charge in [0, 0.05) is 23.8 Å². The monoisotopic (exact) mass is 192 g/mol. The zero-order valence-electron chi connectivity index (χ0n) is 6.23. The predicted octanol–water partition coefficient (Wildman–Crippen LogP) is 0.262. The highest BCUT2D eigenvalue weighted by Gasteiger charge is 2.26. The van der Waals surface area contributed by atoms with E-state index in [1.165, 1.54) is 19.1 Å². The van der Waals surface area contributed by atoms with Gasteiger partial charge in [0.05, 0.1) is 4.48 Å². The van der Waals surface area contributed by atoms with Crippen LogP contribution in [0.4, 0.5) is 4.48 Å². The van der Waals surface area contributed by atoms with Crippen molar-refractivity contribution in [3.05, 3.63) is 23.9 Å². The molecule has 1 heterocycles. The smallest absolute Gasteiger partial charge is 0.277 e. The maximum absolute atomic E-state index is 12.9. The Morgan fingerprint density at radius 3 is 2.50 bits per heavy atom. The third-order valence-electron chi connectivity index (χ3n) is 1.34. The molecule has 0 aliphatic heterocycles. The van der Waals surface area contributed by atoms with E-state index in [1.807, 2.05) is 0 Å². The van der Waals surface area contributed by atoms with Gasteiger partial charge in [0.15, 0.2) is 0 Å². The Morgan fingerprint density at radius 1 is 1.50 bits per heavy atom. The summed E-state index contributed by atoms with van der Waals surface area (Å²) in [5, 5.41) is -0.762. The lowest BCUT2D eigenvalue weighted by Crippen LogP contribution is -2.33. The Bertz CT molecular complexity index is 401. The van der Waals surface area contributed by atoms with Crippen molar-refractivity contribution in [3.8, 4) is 0 Å². The fourth-order valence-electron chi connectivity index (χ4n) is 0.762. The second-order valence-electron chi connectivity index (χ2n) is 2.26. The molecule has 0 unspecified atom stereocenters. The van der Waals surface area contributed by atoms with E-state index >= 15 is 0 Å². The van der Waals surface area contributed by atoms with Crippen LogP contribution >= 0.6 is 0 Å². The van der Waals surface area contributed by atoms with E-state index in [2.05, 4.69) is 0 Å². The first kappa shape index (κ1) is 9.08. The maximum atomic E-state index is 12.9. The second-order valence-corrected chi connectivity index (χ2v) is 3.63. The van der Waals surface area contributed by atoms with E-state index in [-0.39, 0.29) is 10.5 Å². The van der Waals surface area contributed by atoms with Crippen LogP contribution in [0.1, 0.15) is 5.69 Å². The molecule has 1 N–H and O–H groups in total. The fraction of sp³-hybridized carbons (Fsp3) is 0.167. The molecule has 0 bridgehead atoms. The van der Waals surface area contributed by atoms with Crippen molar-refractivity contribution in [3.63, 3.8) is 0 Å². The molecule has 66 valence electrons. The molecule has 0 radical (unpaired) electrons. The average Bonchev–Trinajstić information content (AvgIpc) is 1.92. The van der Waals surface area contributed by atoms with Crippen molar-refractivity contribution in [2.45, 2.75) is 11.9 Å². The normalized spacial score (nSPS) is 11.6. The SMILES string of the molecule is Cc1cccc(S(=O)(=O)O)[n+]1F. The number of hydrogen-bond acceptors (Lipinski definition) is 2. The Kier molecular flexibility index (Phi) is 2.12. The van der Waals surface area contributed by atoms with Crippen molar-refractivity contribution in [1.82, 2.24) is 0 Å². The number of nitrogens with zero attached hydrogens (tertiary/aromatic N) is 1. The summed E-state index contributed by atoms with van der Waals surface area (Å²) in [6.07, 6.45) is 0.